The second-order valence-electron chi connectivity index (χ2n) is 8.16. The maximum Gasteiger partial charge on any atom is 0.268 e. The van der Waals surface area contributed by atoms with E-state index in [9.17, 15) is 9.59 Å². The molecule has 4 heterocycles. The van der Waals surface area contributed by atoms with Crippen LogP contribution in [0.5, 0.6) is 0 Å². The fourth-order valence-corrected chi connectivity index (χ4v) is 4.90. The highest BCUT2D eigenvalue weighted by Gasteiger charge is 2.40. The summed E-state index contributed by atoms with van der Waals surface area (Å²) in [6, 6.07) is 7.63. The summed E-state index contributed by atoms with van der Waals surface area (Å²) in [5, 5.41) is 4.00. The number of aromatic amines is 1. The number of rotatable bonds is 3. The number of ether oxygens (including phenoxy) is 2. The first-order valence-electron chi connectivity index (χ1n) is 10.3. The van der Waals surface area contributed by atoms with Crippen molar-refractivity contribution in [3.05, 3.63) is 51.6 Å². The van der Waals surface area contributed by atoms with Gasteiger partial charge in [-0.15, -0.1) is 11.3 Å². The van der Waals surface area contributed by atoms with Crippen molar-refractivity contribution in [3.63, 3.8) is 0 Å². The van der Waals surface area contributed by atoms with Crippen LogP contribution in [-0.2, 0) is 9.47 Å². The summed E-state index contributed by atoms with van der Waals surface area (Å²) >= 11 is 1.35. The van der Waals surface area contributed by atoms with Crippen molar-refractivity contribution >= 4 is 34.1 Å². The number of amides is 2. The Kier molecular flexibility index (Phi) is 5.25. The molecule has 8 nitrogen and oxygen atoms in total. The highest BCUT2D eigenvalue weighted by atomic mass is 32.1. The minimum atomic E-state index is -0.251. The number of H-pyrrole nitrogens is 1. The fraction of sp³-hybridized carbons (Fsp3) is 0.409. The molecule has 0 unspecified atom stereocenters. The number of aromatic nitrogens is 2. The molecule has 2 fully saturated rings. The molecule has 0 bridgehead atoms. The van der Waals surface area contributed by atoms with Gasteiger partial charge in [0.25, 0.3) is 11.8 Å². The van der Waals surface area contributed by atoms with Crippen LogP contribution in [0.25, 0.3) is 10.9 Å². The summed E-state index contributed by atoms with van der Waals surface area (Å²) in [6.07, 6.45) is -0.398. The summed E-state index contributed by atoms with van der Waals surface area (Å²) in [5.74, 6) is -0.213. The third kappa shape index (κ3) is 3.96. The molecule has 31 heavy (non-hydrogen) atoms. The molecule has 2 aliphatic rings. The number of carbonyl (C=O) groups excluding carboxylic acids is 2. The Morgan fingerprint density at radius 1 is 1.16 bits per heavy atom. The third-order valence-corrected chi connectivity index (χ3v) is 6.74. The van der Waals surface area contributed by atoms with Crippen molar-refractivity contribution in [3.8, 4) is 0 Å². The van der Waals surface area contributed by atoms with Gasteiger partial charge in [-0.2, -0.15) is 0 Å². The lowest BCUT2D eigenvalue weighted by Gasteiger charge is -2.19. The maximum atomic E-state index is 12.7. The first-order chi connectivity index (χ1) is 15.0. The molecule has 0 aliphatic carbocycles. The lowest BCUT2D eigenvalue weighted by molar-refractivity contribution is -0.00461. The smallest absolute Gasteiger partial charge is 0.268 e. The van der Waals surface area contributed by atoms with Gasteiger partial charge >= 0.3 is 0 Å². The van der Waals surface area contributed by atoms with E-state index in [0.29, 0.717) is 36.9 Å². The molecular weight excluding hydrogens is 416 g/mol. The van der Waals surface area contributed by atoms with Gasteiger partial charge in [0.15, 0.2) is 0 Å². The van der Waals surface area contributed by atoms with Gasteiger partial charge in [-0.05, 0) is 32.0 Å². The van der Waals surface area contributed by atoms with Crippen molar-refractivity contribution in [2.24, 2.45) is 0 Å². The molecule has 0 radical (unpaired) electrons. The fourth-order valence-electron chi connectivity index (χ4n) is 4.13. The van der Waals surface area contributed by atoms with Crippen molar-refractivity contribution in [2.75, 3.05) is 26.3 Å². The summed E-state index contributed by atoms with van der Waals surface area (Å²) < 4.78 is 12.0. The van der Waals surface area contributed by atoms with Gasteiger partial charge in [0.1, 0.15) is 22.8 Å². The molecule has 2 amide bonds. The van der Waals surface area contributed by atoms with Gasteiger partial charge in [0, 0.05) is 24.0 Å². The average molecular weight is 441 g/mol. The molecule has 9 heteroatoms. The van der Waals surface area contributed by atoms with Crippen LogP contribution in [0.1, 0.15) is 31.4 Å². The van der Waals surface area contributed by atoms with Crippen LogP contribution in [0.4, 0.5) is 0 Å². The van der Waals surface area contributed by atoms with Gasteiger partial charge < -0.3 is 24.7 Å². The minimum Gasteiger partial charge on any atom is -0.371 e. The van der Waals surface area contributed by atoms with Crippen molar-refractivity contribution in [1.82, 2.24) is 20.2 Å². The summed E-state index contributed by atoms with van der Waals surface area (Å²) in [6.45, 7) is 5.50. The highest BCUT2D eigenvalue weighted by Crippen LogP contribution is 2.24. The summed E-state index contributed by atoms with van der Waals surface area (Å²) in [4.78, 5) is 35.2. The summed E-state index contributed by atoms with van der Waals surface area (Å²) in [7, 11) is 0. The van der Waals surface area contributed by atoms with Gasteiger partial charge in [-0.25, -0.2) is 4.98 Å². The quantitative estimate of drug-likeness (QED) is 0.651. The number of benzene rings is 1. The topological polar surface area (TPSA) is 96.6 Å². The number of thiazole rings is 1. The molecule has 2 aromatic heterocycles. The Morgan fingerprint density at radius 3 is 2.58 bits per heavy atom. The van der Waals surface area contributed by atoms with E-state index in [1.807, 2.05) is 38.1 Å². The molecular formula is C22H24N4O4S. The van der Waals surface area contributed by atoms with Crippen molar-refractivity contribution in [2.45, 2.75) is 32.1 Å². The van der Waals surface area contributed by atoms with Crippen LogP contribution >= 0.6 is 11.3 Å². The van der Waals surface area contributed by atoms with Gasteiger partial charge in [0.05, 0.1) is 30.5 Å². The monoisotopic (exact) mass is 440 g/mol. The maximum absolute atomic E-state index is 12.7. The number of hydrogen-bond acceptors (Lipinski definition) is 6. The van der Waals surface area contributed by atoms with E-state index < -0.39 is 0 Å². The Labute approximate surface area is 183 Å². The van der Waals surface area contributed by atoms with E-state index in [1.165, 1.54) is 11.3 Å². The van der Waals surface area contributed by atoms with E-state index >= 15 is 0 Å². The Bertz CT molecular complexity index is 1120. The lowest BCUT2D eigenvalue weighted by Crippen LogP contribution is -2.41. The molecule has 5 rings (SSSR count). The van der Waals surface area contributed by atoms with E-state index in [4.69, 9.17) is 9.47 Å². The molecule has 162 valence electrons. The van der Waals surface area contributed by atoms with E-state index in [0.717, 1.165) is 22.2 Å². The normalized spacial score (nSPS) is 21.8. The van der Waals surface area contributed by atoms with Crippen LogP contribution in [0.3, 0.4) is 0 Å². The molecule has 2 aliphatic heterocycles. The number of nitrogens with zero attached hydrogens (tertiary/aromatic N) is 2. The highest BCUT2D eigenvalue weighted by molar-refractivity contribution is 7.11. The zero-order valence-electron chi connectivity index (χ0n) is 17.4. The third-order valence-electron chi connectivity index (χ3n) is 5.82. The number of fused-ring (bicyclic) bond motifs is 2. The summed E-state index contributed by atoms with van der Waals surface area (Å²) in [5.41, 5.74) is 5.03. The Morgan fingerprint density at radius 2 is 1.90 bits per heavy atom. The second-order valence-corrected chi connectivity index (χ2v) is 9.02. The van der Waals surface area contributed by atoms with Crippen LogP contribution in [-0.4, -0.2) is 71.2 Å². The number of nitrogens with one attached hydrogen (secondary N) is 2. The molecule has 0 spiro atoms. The van der Waals surface area contributed by atoms with E-state index in [1.54, 1.807) is 10.4 Å². The van der Waals surface area contributed by atoms with Crippen molar-refractivity contribution < 1.29 is 19.1 Å². The first-order valence-corrected chi connectivity index (χ1v) is 11.2. The Balaban J connectivity index is 1.19. The Hall–Kier alpha value is -2.75. The molecule has 1 aromatic carbocycles. The molecule has 3 aromatic rings. The van der Waals surface area contributed by atoms with Crippen LogP contribution in [0.2, 0.25) is 0 Å². The SMILES string of the molecule is Cc1ccc2[nH]c(C(=O)NC3CO[C@H]4CN(C(=O)c5scnc5C)C[C@@H]4OC3)cc2c1. The van der Waals surface area contributed by atoms with Gasteiger partial charge in [-0.1, -0.05) is 11.6 Å². The number of hydrogen-bond donors (Lipinski definition) is 2. The molecule has 2 N–H and O–H groups in total. The van der Waals surface area contributed by atoms with Crippen LogP contribution < -0.4 is 5.32 Å². The largest absolute Gasteiger partial charge is 0.371 e. The molecule has 0 saturated carbocycles. The zero-order valence-corrected chi connectivity index (χ0v) is 18.2. The predicted octanol–water partition coefficient (Wildman–Crippen LogP) is 2.28. The van der Waals surface area contributed by atoms with Crippen molar-refractivity contribution in [1.29, 1.82) is 0 Å². The number of carbonyl (C=O) groups is 2. The van der Waals surface area contributed by atoms with Crippen LogP contribution in [0, 0.1) is 13.8 Å². The molecule has 2 atom stereocenters. The van der Waals surface area contributed by atoms with E-state index in [2.05, 4.69) is 15.3 Å². The zero-order chi connectivity index (χ0) is 21.5. The van der Waals surface area contributed by atoms with Crippen LogP contribution in [0.15, 0.2) is 29.8 Å². The predicted molar refractivity (Wildman–Crippen MR) is 117 cm³/mol. The van der Waals surface area contributed by atoms with Gasteiger partial charge in [-0.3, -0.25) is 9.59 Å². The second kappa shape index (κ2) is 8.07. The molecule has 2 saturated heterocycles. The minimum absolute atomic E-state index is 0.0285. The standard InChI is InChI=1S/C22H24N4O4S/c1-12-3-4-16-14(5-12)6-17(25-16)21(27)24-15-9-29-18-7-26(8-19(18)30-10-15)22(28)20-13(2)23-11-31-20/h3-6,11,15,18-19,25H,7-10H2,1-2H3,(H,24,27)/t18-,19-/m0/s1. The average Bonchev–Trinajstić information content (AvgIpc) is 3.44. The number of aryl methyl sites for hydroxylation is 2. The van der Waals surface area contributed by atoms with E-state index in [-0.39, 0.29) is 30.1 Å². The first kappa shape index (κ1) is 20.2. The number of likely N-dealkylation sites (tertiary alicyclic amines) is 1. The lowest BCUT2D eigenvalue weighted by atomic mass is 10.2. The van der Waals surface area contributed by atoms with Gasteiger partial charge in [0.2, 0.25) is 0 Å².